The Kier molecular flexibility index (Phi) is 8.80. The fourth-order valence-electron chi connectivity index (χ4n) is 3.21. The first-order valence-electron chi connectivity index (χ1n) is 11.0. The van der Waals surface area contributed by atoms with Crippen LogP contribution in [0.2, 0.25) is 0 Å². The van der Waals surface area contributed by atoms with Crippen LogP contribution in [0.4, 0.5) is 5.69 Å². The van der Waals surface area contributed by atoms with Crippen molar-refractivity contribution in [1.29, 1.82) is 0 Å². The average Bonchev–Trinajstić information content (AvgIpc) is 2.82. The Labute approximate surface area is 199 Å². The average molecular weight is 461 g/mol. The highest BCUT2D eigenvalue weighted by atomic mass is 16.5. The fourth-order valence-corrected chi connectivity index (χ4v) is 3.21. The number of para-hydroxylation sites is 1. The number of carbonyl (C=O) groups is 3. The van der Waals surface area contributed by atoms with Crippen molar-refractivity contribution in [3.8, 4) is 11.5 Å². The molecule has 0 atom stereocenters. The molecule has 2 N–H and O–H groups in total. The maximum atomic E-state index is 12.5. The second-order valence-corrected chi connectivity index (χ2v) is 7.77. The normalized spacial score (nSPS) is 10.3. The first-order valence-corrected chi connectivity index (χ1v) is 11.0. The highest BCUT2D eigenvalue weighted by Crippen LogP contribution is 2.17. The molecule has 0 radical (unpaired) electrons. The summed E-state index contributed by atoms with van der Waals surface area (Å²) in [6, 6.07) is 21.5. The van der Waals surface area contributed by atoms with Crippen molar-refractivity contribution in [2.45, 2.75) is 33.2 Å². The first-order chi connectivity index (χ1) is 16.4. The minimum absolute atomic E-state index is 0.125. The second kappa shape index (κ2) is 12.2. The zero-order chi connectivity index (χ0) is 24.3. The molecule has 0 heterocycles. The van der Waals surface area contributed by atoms with Crippen LogP contribution in [0.25, 0.3) is 0 Å². The standard InChI is InChI=1S/C27H28N2O5/c1-19-12-14-23(15-13-19)33-16-6-11-26(31)29-25-10-4-3-7-22(25)18-28-27(32)21-8-5-9-24(17-21)34-20(2)30/h3-5,7-10,12-15,17H,6,11,16,18H2,1-2H3,(H,28,32)(H,29,31). The van der Waals surface area contributed by atoms with E-state index >= 15 is 0 Å². The molecule has 0 saturated heterocycles. The molecule has 34 heavy (non-hydrogen) atoms. The van der Waals surface area contributed by atoms with Gasteiger partial charge in [-0.25, -0.2) is 0 Å². The molecule has 0 aliphatic heterocycles. The molecule has 3 aromatic carbocycles. The summed E-state index contributed by atoms with van der Waals surface area (Å²) < 4.78 is 10.7. The topological polar surface area (TPSA) is 93.7 Å². The Morgan fingerprint density at radius 3 is 2.41 bits per heavy atom. The number of esters is 1. The third-order valence-electron chi connectivity index (χ3n) is 4.93. The predicted molar refractivity (Wildman–Crippen MR) is 130 cm³/mol. The lowest BCUT2D eigenvalue weighted by Crippen LogP contribution is -2.24. The number of hydrogen-bond acceptors (Lipinski definition) is 5. The maximum absolute atomic E-state index is 12.5. The first kappa shape index (κ1) is 24.5. The maximum Gasteiger partial charge on any atom is 0.308 e. The van der Waals surface area contributed by atoms with Gasteiger partial charge in [0, 0.05) is 31.1 Å². The highest BCUT2D eigenvalue weighted by Gasteiger charge is 2.11. The summed E-state index contributed by atoms with van der Waals surface area (Å²) >= 11 is 0. The Hall–Kier alpha value is -4.13. The Morgan fingerprint density at radius 1 is 0.882 bits per heavy atom. The van der Waals surface area contributed by atoms with Gasteiger partial charge in [-0.2, -0.15) is 0 Å². The van der Waals surface area contributed by atoms with Gasteiger partial charge >= 0.3 is 5.97 Å². The SMILES string of the molecule is CC(=O)Oc1cccc(C(=O)NCc2ccccc2NC(=O)CCCOc2ccc(C)cc2)c1. The summed E-state index contributed by atoms with van der Waals surface area (Å²) in [6.45, 7) is 3.99. The number of nitrogens with one attached hydrogen (secondary N) is 2. The van der Waals surface area contributed by atoms with Crippen LogP contribution < -0.4 is 20.1 Å². The van der Waals surface area contributed by atoms with Gasteiger partial charge in [0.1, 0.15) is 11.5 Å². The van der Waals surface area contributed by atoms with Gasteiger partial charge < -0.3 is 20.1 Å². The van der Waals surface area contributed by atoms with E-state index in [0.717, 1.165) is 16.9 Å². The second-order valence-electron chi connectivity index (χ2n) is 7.77. The van der Waals surface area contributed by atoms with Crippen molar-refractivity contribution in [3.05, 3.63) is 89.5 Å². The number of ether oxygens (including phenoxy) is 2. The van der Waals surface area contributed by atoms with Gasteiger partial charge in [-0.3, -0.25) is 14.4 Å². The monoisotopic (exact) mass is 460 g/mol. The largest absolute Gasteiger partial charge is 0.494 e. The third kappa shape index (κ3) is 7.78. The molecule has 0 spiro atoms. The predicted octanol–water partition coefficient (Wildman–Crippen LogP) is 4.65. The number of aryl methyl sites for hydroxylation is 1. The number of anilines is 1. The fraction of sp³-hybridized carbons (Fsp3) is 0.222. The molecule has 3 aromatic rings. The Bertz CT molecular complexity index is 1140. The van der Waals surface area contributed by atoms with Gasteiger partial charge in [-0.05, 0) is 55.3 Å². The van der Waals surface area contributed by atoms with E-state index in [-0.39, 0.29) is 18.4 Å². The molecule has 0 saturated carbocycles. The summed E-state index contributed by atoms with van der Waals surface area (Å²) in [4.78, 5) is 36.1. The third-order valence-corrected chi connectivity index (χ3v) is 4.93. The van der Waals surface area contributed by atoms with Crippen LogP contribution in [0.1, 0.15) is 41.3 Å². The van der Waals surface area contributed by atoms with Crippen molar-refractivity contribution >= 4 is 23.5 Å². The number of carbonyl (C=O) groups excluding carboxylic acids is 3. The van der Waals surface area contributed by atoms with Gasteiger partial charge in [0.05, 0.1) is 6.61 Å². The van der Waals surface area contributed by atoms with Gasteiger partial charge in [0.2, 0.25) is 5.91 Å². The van der Waals surface area contributed by atoms with E-state index in [1.807, 2.05) is 49.4 Å². The van der Waals surface area contributed by atoms with Crippen LogP contribution in [0.3, 0.4) is 0 Å². The molecule has 7 nitrogen and oxygen atoms in total. The number of rotatable bonds is 10. The van der Waals surface area contributed by atoms with E-state index in [1.165, 1.54) is 13.0 Å². The van der Waals surface area contributed by atoms with Crippen LogP contribution in [0, 0.1) is 6.92 Å². The molecular weight excluding hydrogens is 432 g/mol. The molecule has 0 unspecified atom stereocenters. The summed E-state index contributed by atoms with van der Waals surface area (Å²) in [6.07, 6.45) is 0.896. The van der Waals surface area contributed by atoms with E-state index in [9.17, 15) is 14.4 Å². The molecule has 0 aliphatic carbocycles. The molecule has 0 fully saturated rings. The molecule has 176 valence electrons. The lowest BCUT2D eigenvalue weighted by Gasteiger charge is -2.13. The number of amides is 2. The van der Waals surface area contributed by atoms with E-state index in [1.54, 1.807) is 24.3 Å². The lowest BCUT2D eigenvalue weighted by molar-refractivity contribution is -0.131. The zero-order valence-electron chi connectivity index (χ0n) is 19.3. The van der Waals surface area contributed by atoms with Crippen LogP contribution in [0.15, 0.2) is 72.8 Å². The summed E-state index contributed by atoms with van der Waals surface area (Å²) in [5.74, 6) is 0.192. The number of hydrogen-bond donors (Lipinski definition) is 2. The number of benzene rings is 3. The van der Waals surface area contributed by atoms with Crippen LogP contribution in [-0.4, -0.2) is 24.4 Å². The van der Waals surface area contributed by atoms with Gasteiger partial charge in [0.25, 0.3) is 5.91 Å². The zero-order valence-corrected chi connectivity index (χ0v) is 19.3. The van der Waals surface area contributed by atoms with Crippen molar-refractivity contribution in [2.75, 3.05) is 11.9 Å². The molecule has 0 aliphatic rings. The van der Waals surface area contributed by atoms with E-state index in [0.29, 0.717) is 36.4 Å². The van der Waals surface area contributed by atoms with Gasteiger partial charge in [-0.1, -0.05) is 42.0 Å². The lowest BCUT2D eigenvalue weighted by atomic mass is 10.1. The molecular formula is C27H28N2O5. The van der Waals surface area contributed by atoms with Crippen molar-refractivity contribution < 1.29 is 23.9 Å². The van der Waals surface area contributed by atoms with E-state index in [4.69, 9.17) is 9.47 Å². The molecule has 0 aromatic heterocycles. The smallest absolute Gasteiger partial charge is 0.308 e. The summed E-state index contributed by atoms with van der Waals surface area (Å²) in [5, 5.41) is 5.74. The Balaban J connectivity index is 1.49. The van der Waals surface area contributed by atoms with Crippen molar-refractivity contribution in [2.24, 2.45) is 0 Å². The van der Waals surface area contributed by atoms with E-state index in [2.05, 4.69) is 10.6 Å². The summed E-state index contributed by atoms with van der Waals surface area (Å²) in [7, 11) is 0. The van der Waals surface area contributed by atoms with Crippen LogP contribution >= 0.6 is 0 Å². The molecule has 7 heteroatoms. The van der Waals surface area contributed by atoms with Crippen molar-refractivity contribution in [3.63, 3.8) is 0 Å². The highest BCUT2D eigenvalue weighted by molar-refractivity contribution is 5.95. The van der Waals surface area contributed by atoms with Crippen LogP contribution in [-0.2, 0) is 16.1 Å². The quantitative estimate of drug-likeness (QED) is 0.261. The van der Waals surface area contributed by atoms with Crippen LogP contribution in [0.5, 0.6) is 11.5 Å². The van der Waals surface area contributed by atoms with Gasteiger partial charge in [-0.15, -0.1) is 0 Å². The van der Waals surface area contributed by atoms with Crippen molar-refractivity contribution in [1.82, 2.24) is 5.32 Å². The Morgan fingerprint density at radius 2 is 1.65 bits per heavy atom. The molecule has 0 bridgehead atoms. The minimum Gasteiger partial charge on any atom is -0.494 e. The minimum atomic E-state index is -0.455. The van der Waals surface area contributed by atoms with Gasteiger partial charge in [0.15, 0.2) is 0 Å². The summed E-state index contributed by atoms with van der Waals surface area (Å²) in [5.41, 5.74) is 2.95. The molecule has 2 amide bonds. The van der Waals surface area contributed by atoms with E-state index < -0.39 is 5.97 Å². The molecule has 3 rings (SSSR count).